The summed E-state index contributed by atoms with van der Waals surface area (Å²) in [6.07, 6.45) is 3.81. The molecule has 4 rings (SSSR count). The number of Topliss-reactive ketones (excluding diaryl/α,β-unsaturated/α-hetero) is 1. The highest BCUT2D eigenvalue weighted by Gasteiger charge is 2.30. The van der Waals surface area contributed by atoms with Gasteiger partial charge in [-0.2, -0.15) is 0 Å². The Kier molecular flexibility index (Phi) is 5.53. The molecule has 0 aromatic heterocycles. The Balaban J connectivity index is 1.55. The van der Waals surface area contributed by atoms with Crippen LogP contribution < -0.4 is 9.47 Å². The van der Waals surface area contributed by atoms with Crippen LogP contribution in [0.25, 0.3) is 17.2 Å². The van der Waals surface area contributed by atoms with Crippen LogP contribution in [-0.2, 0) is 0 Å². The summed E-state index contributed by atoms with van der Waals surface area (Å²) in [5.74, 6) is 1.55. The summed E-state index contributed by atoms with van der Waals surface area (Å²) in [6.45, 7) is 6.47. The van der Waals surface area contributed by atoms with Crippen LogP contribution in [0.15, 0.2) is 84.1 Å². The molecule has 3 aromatic rings. The lowest BCUT2D eigenvalue weighted by atomic mass is 10.0. The minimum atomic E-state index is -0.101. The summed E-state index contributed by atoms with van der Waals surface area (Å²) in [7, 11) is 0. The van der Waals surface area contributed by atoms with Crippen LogP contribution in [0.2, 0.25) is 0 Å². The minimum absolute atomic E-state index is 0.101. The molecule has 0 spiro atoms. The average molecular weight is 396 g/mol. The number of ether oxygens (including phenoxy) is 2. The average Bonchev–Trinajstić information content (AvgIpc) is 3.07. The predicted molar refractivity (Wildman–Crippen MR) is 121 cm³/mol. The van der Waals surface area contributed by atoms with E-state index in [0.29, 0.717) is 23.7 Å². The van der Waals surface area contributed by atoms with Crippen LogP contribution in [-0.4, -0.2) is 12.4 Å². The number of hydrogen-bond acceptors (Lipinski definition) is 3. The molecule has 0 fully saturated rings. The monoisotopic (exact) mass is 396 g/mol. The Hall–Kier alpha value is -3.59. The Morgan fingerprint density at radius 3 is 2.33 bits per heavy atom. The summed E-state index contributed by atoms with van der Waals surface area (Å²) < 4.78 is 11.8. The van der Waals surface area contributed by atoms with E-state index in [9.17, 15) is 4.79 Å². The zero-order valence-electron chi connectivity index (χ0n) is 17.4. The minimum Gasteiger partial charge on any atom is -0.489 e. The molecule has 3 nitrogen and oxygen atoms in total. The number of carbonyl (C=O) groups is 1. The van der Waals surface area contributed by atoms with Crippen molar-refractivity contribution in [2.24, 2.45) is 0 Å². The zero-order valence-corrected chi connectivity index (χ0v) is 17.4. The Bertz CT molecular complexity index is 1130. The maximum Gasteiger partial charge on any atom is 0.231 e. The van der Waals surface area contributed by atoms with Crippen LogP contribution >= 0.6 is 0 Å². The van der Waals surface area contributed by atoms with Crippen molar-refractivity contribution in [3.8, 4) is 22.6 Å². The maximum absolute atomic E-state index is 12.8. The fourth-order valence-electron chi connectivity index (χ4n) is 3.38. The van der Waals surface area contributed by atoms with E-state index in [1.165, 1.54) is 5.57 Å². The van der Waals surface area contributed by atoms with E-state index >= 15 is 0 Å². The lowest BCUT2D eigenvalue weighted by Gasteiger charge is -2.10. The highest BCUT2D eigenvalue weighted by molar-refractivity contribution is 6.15. The number of rotatable bonds is 5. The SMILES string of the molecule is CC(C)=CCOc1ccc2c(c1C)O/C(=C\c1ccc(-c3ccccc3)cc1)C2=O. The van der Waals surface area contributed by atoms with Crippen molar-refractivity contribution in [3.63, 3.8) is 0 Å². The fourth-order valence-corrected chi connectivity index (χ4v) is 3.38. The van der Waals surface area contributed by atoms with Crippen molar-refractivity contribution in [2.45, 2.75) is 20.8 Å². The second-order valence-corrected chi connectivity index (χ2v) is 7.59. The molecule has 0 bridgehead atoms. The van der Waals surface area contributed by atoms with Gasteiger partial charge in [0, 0.05) is 5.56 Å². The topological polar surface area (TPSA) is 35.5 Å². The molecule has 30 heavy (non-hydrogen) atoms. The molecular formula is C27H24O3. The Labute approximate surface area is 177 Å². The number of allylic oxidation sites excluding steroid dienone is 2. The first-order chi connectivity index (χ1) is 14.5. The first-order valence-electron chi connectivity index (χ1n) is 10.0. The first-order valence-corrected chi connectivity index (χ1v) is 10.0. The molecule has 0 N–H and O–H groups in total. The summed E-state index contributed by atoms with van der Waals surface area (Å²) in [6, 6.07) is 21.9. The molecular weight excluding hydrogens is 372 g/mol. The molecule has 0 atom stereocenters. The summed E-state index contributed by atoms with van der Waals surface area (Å²) in [5, 5.41) is 0. The first kappa shape index (κ1) is 19.7. The molecule has 1 aliphatic heterocycles. The second-order valence-electron chi connectivity index (χ2n) is 7.59. The van der Waals surface area contributed by atoms with Crippen LogP contribution in [0.1, 0.15) is 35.3 Å². The standard InChI is InChI=1S/C27H24O3/c1-18(2)15-16-29-24-14-13-23-26(28)25(30-27(23)19(24)3)17-20-9-11-22(12-10-20)21-7-5-4-6-8-21/h4-15,17H,16H2,1-3H3/b25-17-. The Morgan fingerprint density at radius 1 is 0.933 bits per heavy atom. The van der Waals surface area contributed by atoms with Crippen LogP contribution in [0.3, 0.4) is 0 Å². The third-order valence-electron chi connectivity index (χ3n) is 5.08. The molecule has 0 amide bonds. The molecule has 0 unspecified atom stereocenters. The molecule has 0 saturated heterocycles. The van der Waals surface area contributed by atoms with Crippen molar-refractivity contribution in [1.82, 2.24) is 0 Å². The van der Waals surface area contributed by atoms with Gasteiger partial charge >= 0.3 is 0 Å². The highest BCUT2D eigenvalue weighted by atomic mass is 16.5. The van der Waals surface area contributed by atoms with Gasteiger partial charge in [-0.3, -0.25) is 4.79 Å². The zero-order chi connectivity index (χ0) is 21.1. The molecule has 0 saturated carbocycles. The number of hydrogen-bond donors (Lipinski definition) is 0. The molecule has 3 heteroatoms. The van der Waals surface area contributed by atoms with E-state index in [1.807, 2.05) is 63.2 Å². The molecule has 1 heterocycles. The van der Waals surface area contributed by atoms with Gasteiger partial charge in [-0.15, -0.1) is 0 Å². The number of benzene rings is 3. The van der Waals surface area contributed by atoms with Gasteiger partial charge in [0.2, 0.25) is 5.78 Å². The summed E-state index contributed by atoms with van der Waals surface area (Å²) >= 11 is 0. The van der Waals surface area contributed by atoms with Gasteiger partial charge < -0.3 is 9.47 Å². The Morgan fingerprint density at radius 2 is 1.63 bits per heavy atom. The second kappa shape index (κ2) is 8.42. The van der Waals surface area contributed by atoms with Crippen LogP contribution in [0, 0.1) is 6.92 Å². The van der Waals surface area contributed by atoms with Crippen molar-refractivity contribution in [3.05, 3.63) is 101 Å². The number of carbonyl (C=O) groups excluding carboxylic acids is 1. The maximum atomic E-state index is 12.8. The van der Waals surface area contributed by atoms with Crippen molar-refractivity contribution in [2.75, 3.05) is 6.61 Å². The van der Waals surface area contributed by atoms with E-state index in [-0.39, 0.29) is 5.78 Å². The van der Waals surface area contributed by atoms with Gasteiger partial charge in [-0.25, -0.2) is 0 Å². The molecule has 150 valence electrons. The van der Waals surface area contributed by atoms with E-state index in [0.717, 1.165) is 28.0 Å². The number of fused-ring (bicyclic) bond motifs is 1. The lowest BCUT2D eigenvalue weighted by molar-refractivity contribution is 0.101. The quantitative estimate of drug-likeness (QED) is 0.359. The normalized spacial score (nSPS) is 13.7. The van der Waals surface area contributed by atoms with Crippen molar-refractivity contribution in [1.29, 1.82) is 0 Å². The fraction of sp³-hybridized carbons (Fsp3) is 0.148. The predicted octanol–water partition coefficient (Wildman–Crippen LogP) is 6.62. The molecule has 0 radical (unpaired) electrons. The van der Waals surface area contributed by atoms with Gasteiger partial charge in [-0.1, -0.05) is 60.2 Å². The van der Waals surface area contributed by atoms with E-state index in [4.69, 9.17) is 9.47 Å². The van der Waals surface area contributed by atoms with Gasteiger partial charge in [0.05, 0.1) is 5.56 Å². The number of ketones is 1. The van der Waals surface area contributed by atoms with E-state index in [1.54, 1.807) is 12.1 Å². The third kappa shape index (κ3) is 4.06. The molecule has 0 aliphatic carbocycles. The largest absolute Gasteiger partial charge is 0.489 e. The summed E-state index contributed by atoms with van der Waals surface area (Å²) in [5.41, 5.74) is 5.83. The van der Waals surface area contributed by atoms with Gasteiger partial charge in [0.1, 0.15) is 18.1 Å². The van der Waals surface area contributed by atoms with Crippen LogP contribution in [0.5, 0.6) is 11.5 Å². The third-order valence-corrected chi connectivity index (χ3v) is 5.08. The lowest BCUT2D eigenvalue weighted by Crippen LogP contribution is -1.98. The van der Waals surface area contributed by atoms with Gasteiger partial charge in [-0.05, 0) is 61.7 Å². The van der Waals surface area contributed by atoms with Gasteiger partial charge in [0.25, 0.3) is 0 Å². The highest BCUT2D eigenvalue weighted by Crippen LogP contribution is 2.39. The smallest absolute Gasteiger partial charge is 0.231 e. The molecule has 1 aliphatic rings. The van der Waals surface area contributed by atoms with Crippen molar-refractivity contribution >= 4 is 11.9 Å². The van der Waals surface area contributed by atoms with Crippen molar-refractivity contribution < 1.29 is 14.3 Å². The van der Waals surface area contributed by atoms with Gasteiger partial charge in [0.15, 0.2) is 5.76 Å². The molecule has 3 aromatic carbocycles. The van der Waals surface area contributed by atoms with E-state index in [2.05, 4.69) is 24.3 Å². The van der Waals surface area contributed by atoms with E-state index < -0.39 is 0 Å². The van der Waals surface area contributed by atoms with Crippen LogP contribution in [0.4, 0.5) is 0 Å². The summed E-state index contributed by atoms with van der Waals surface area (Å²) in [4.78, 5) is 12.8.